The number of hydrogen-bond acceptors (Lipinski definition) is 4. The van der Waals surface area contributed by atoms with E-state index in [4.69, 9.17) is 16.3 Å². The maximum Gasteiger partial charge on any atom is 0.264 e. The number of halogens is 1. The van der Waals surface area contributed by atoms with E-state index in [2.05, 4.69) is 11.9 Å². The van der Waals surface area contributed by atoms with Crippen molar-refractivity contribution in [1.29, 1.82) is 0 Å². The monoisotopic (exact) mass is 394 g/mol. The molecule has 0 saturated heterocycles. The number of nitrogens with one attached hydrogen (secondary N) is 1. The topological polar surface area (TPSA) is 75.7 Å². The summed E-state index contributed by atoms with van der Waals surface area (Å²) in [5, 5.41) is 2.97. The zero-order valence-electron chi connectivity index (χ0n) is 14.4. The largest absolute Gasteiger partial charge is 0.495 e. The standard InChI is InChI=1S/C18H19ClN2O4S/c1-4-11-21(17-12-14(19)5-10-18(17)25-3)26(23,24)16-8-6-15(7-9-16)20-13(2)22/h4-10,12H,1,11H2,2-3H3,(H,20,22). The molecule has 0 aliphatic carbocycles. The molecule has 0 heterocycles. The first-order valence-electron chi connectivity index (χ1n) is 7.64. The predicted octanol–water partition coefficient (Wildman–Crippen LogP) is 3.69. The molecule has 26 heavy (non-hydrogen) atoms. The van der Waals surface area contributed by atoms with Gasteiger partial charge in [-0.15, -0.1) is 6.58 Å². The second-order valence-electron chi connectivity index (χ2n) is 5.35. The van der Waals surface area contributed by atoms with Crippen LogP contribution in [0.15, 0.2) is 60.0 Å². The van der Waals surface area contributed by atoms with Crippen LogP contribution in [0.1, 0.15) is 6.92 Å². The summed E-state index contributed by atoms with van der Waals surface area (Å²) in [6.45, 7) is 5.04. The van der Waals surface area contributed by atoms with Crippen molar-refractivity contribution in [2.24, 2.45) is 0 Å². The molecule has 0 saturated carbocycles. The zero-order valence-corrected chi connectivity index (χ0v) is 16.0. The first-order chi connectivity index (χ1) is 12.3. The minimum Gasteiger partial charge on any atom is -0.495 e. The number of ether oxygens (including phenoxy) is 1. The number of benzene rings is 2. The van der Waals surface area contributed by atoms with Gasteiger partial charge in [0.05, 0.1) is 24.2 Å². The maximum absolute atomic E-state index is 13.1. The highest BCUT2D eigenvalue weighted by molar-refractivity contribution is 7.92. The molecule has 0 aliphatic rings. The highest BCUT2D eigenvalue weighted by atomic mass is 35.5. The molecule has 2 aromatic carbocycles. The average molecular weight is 395 g/mol. The van der Waals surface area contributed by atoms with E-state index in [-0.39, 0.29) is 17.3 Å². The Morgan fingerprint density at radius 1 is 1.27 bits per heavy atom. The highest BCUT2D eigenvalue weighted by Crippen LogP contribution is 2.35. The Labute approximate surface area is 158 Å². The van der Waals surface area contributed by atoms with Crippen LogP contribution in [-0.4, -0.2) is 28.0 Å². The van der Waals surface area contributed by atoms with Crippen molar-refractivity contribution in [2.75, 3.05) is 23.3 Å². The molecule has 1 amide bonds. The zero-order chi connectivity index (χ0) is 19.3. The molecule has 2 rings (SSSR count). The molecule has 2 aromatic rings. The number of amides is 1. The molecule has 0 fully saturated rings. The number of rotatable bonds is 7. The molecular formula is C18H19ClN2O4S. The summed E-state index contributed by atoms with van der Waals surface area (Å²) in [6.07, 6.45) is 1.48. The van der Waals surface area contributed by atoms with Crippen LogP contribution < -0.4 is 14.4 Å². The van der Waals surface area contributed by atoms with Crippen LogP contribution in [0, 0.1) is 0 Å². The molecule has 0 aromatic heterocycles. The Morgan fingerprint density at radius 2 is 1.92 bits per heavy atom. The van der Waals surface area contributed by atoms with Crippen molar-refractivity contribution in [2.45, 2.75) is 11.8 Å². The number of methoxy groups -OCH3 is 1. The minimum atomic E-state index is -3.90. The van der Waals surface area contributed by atoms with Gasteiger partial charge >= 0.3 is 0 Å². The lowest BCUT2D eigenvalue weighted by molar-refractivity contribution is -0.114. The van der Waals surface area contributed by atoms with Gasteiger partial charge in [-0.3, -0.25) is 9.10 Å². The molecule has 0 unspecified atom stereocenters. The van der Waals surface area contributed by atoms with Crippen molar-refractivity contribution in [3.8, 4) is 5.75 Å². The smallest absolute Gasteiger partial charge is 0.264 e. The third-order valence-corrected chi connectivity index (χ3v) is 5.50. The normalized spacial score (nSPS) is 10.9. The molecule has 0 spiro atoms. The quantitative estimate of drug-likeness (QED) is 0.726. The lowest BCUT2D eigenvalue weighted by Gasteiger charge is -2.25. The average Bonchev–Trinajstić information content (AvgIpc) is 2.59. The van der Waals surface area contributed by atoms with Gasteiger partial charge in [0, 0.05) is 17.6 Å². The third-order valence-electron chi connectivity index (χ3n) is 3.47. The Kier molecular flexibility index (Phi) is 6.28. The maximum atomic E-state index is 13.1. The highest BCUT2D eigenvalue weighted by Gasteiger charge is 2.26. The van der Waals surface area contributed by atoms with Gasteiger partial charge in [-0.1, -0.05) is 17.7 Å². The van der Waals surface area contributed by atoms with Gasteiger partial charge < -0.3 is 10.1 Å². The van der Waals surface area contributed by atoms with Gasteiger partial charge in [-0.2, -0.15) is 0 Å². The van der Waals surface area contributed by atoms with Gasteiger partial charge in [0.15, 0.2) is 0 Å². The lowest BCUT2D eigenvalue weighted by atomic mass is 10.3. The van der Waals surface area contributed by atoms with E-state index in [0.29, 0.717) is 22.1 Å². The molecule has 8 heteroatoms. The number of carbonyl (C=O) groups excluding carboxylic acids is 1. The van der Waals surface area contributed by atoms with Crippen LogP contribution in [0.3, 0.4) is 0 Å². The van der Waals surface area contributed by atoms with Crippen molar-refractivity contribution >= 4 is 38.9 Å². The summed E-state index contributed by atoms with van der Waals surface area (Å²) in [5.41, 5.74) is 0.817. The van der Waals surface area contributed by atoms with E-state index in [1.165, 1.54) is 50.4 Å². The van der Waals surface area contributed by atoms with Crippen molar-refractivity contribution in [3.05, 3.63) is 60.1 Å². The van der Waals surface area contributed by atoms with Gasteiger partial charge in [-0.05, 0) is 42.5 Å². The summed E-state index contributed by atoms with van der Waals surface area (Å²) in [7, 11) is -2.45. The van der Waals surface area contributed by atoms with Gasteiger partial charge in [0.25, 0.3) is 10.0 Å². The van der Waals surface area contributed by atoms with E-state index in [1.807, 2.05) is 0 Å². The van der Waals surface area contributed by atoms with E-state index >= 15 is 0 Å². The van der Waals surface area contributed by atoms with Crippen molar-refractivity contribution < 1.29 is 17.9 Å². The number of anilines is 2. The van der Waals surface area contributed by atoms with Gasteiger partial charge in [0.2, 0.25) is 5.91 Å². The van der Waals surface area contributed by atoms with E-state index in [0.717, 1.165) is 4.31 Å². The summed E-state index contributed by atoms with van der Waals surface area (Å²) in [4.78, 5) is 11.2. The summed E-state index contributed by atoms with van der Waals surface area (Å²) in [5.74, 6) is 0.132. The van der Waals surface area contributed by atoms with Crippen LogP contribution >= 0.6 is 11.6 Å². The van der Waals surface area contributed by atoms with Crippen molar-refractivity contribution in [3.63, 3.8) is 0 Å². The molecule has 6 nitrogen and oxygen atoms in total. The number of sulfonamides is 1. The molecule has 138 valence electrons. The van der Waals surface area contributed by atoms with Gasteiger partial charge in [0.1, 0.15) is 5.75 Å². The minimum absolute atomic E-state index is 0.0342. The van der Waals surface area contributed by atoms with Crippen LogP contribution in [0.5, 0.6) is 5.75 Å². The summed E-state index contributed by atoms with van der Waals surface area (Å²) in [6, 6.07) is 10.6. The van der Waals surface area contributed by atoms with Crippen LogP contribution in [0.25, 0.3) is 0 Å². The number of nitrogens with zero attached hydrogens (tertiary/aromatic N) is 1. The second-order valence-corrected chi connectivity index (χ2v) is 7.65. The fraction of sp³-hybridized carbons (Fsp3) is 0.167. The van der Waals surface area contributed by atoms with E-state index < -0.39 is 10.0 Å². The number of carbonyl (C=O) groups is 1. The summed E-state index contributed by atoms with van der Waals surface area (Å²) >= 11 is 6.04. The van der Waals surface area contributed by atoms with E-state index in [1.54, 1.807) is 12.1 Å². The lowest BCUT2D eigenvalue weighted by Crippen LogP contribution is -2.31. The molecule has 0 bridgehead atoms. The third kappa shape index (κ3) is 4.36. The van der Waals surface area contributed by atoms with Crippen LogP contribution in [-0.2, 0) is 14.8 Å². The molecule has 0 atom stereocenters. The Balaban J connectivity index is 2.50. The van der Waals surface area contributed by atoms with Crippen LogP contribution in [0.4, 0.5) is 11.4 Å². The van der Waals surface area contributed by atoms with Gasteiger partial charge in [-0.25, -0.2) is 8.42 Å². The Bertz CT molecular complexity index is 911. The molecule has 0 radical (unpaired) electrons. The molecule has 1 N–H and O–H groups in total. The molecular weight excluding hydrogens is 376 g/mol. The predicted molar refractivity (Wildman–Crippen MR) is 103 cm³/mol. The number of hydrogen-bond donors (Lipinski definition) is 1. The van der Waals surface area contributed by atoms with Crippen LogP contribution in [0.2, 0.25) is 5.02 Å². The second kappa shape index (κ2) is 8.25. The SMILES string of the molecule is C=CCN(c1cc(Cl)ccc1OC)S(=O)(=O)c1ccc(NC(C)=O)cc1. The fourth-order valence-electron chi connectivity index (χ4n) is 2.34. The first-order valence-corrected chi connectivity index (χ1v) is 9.46. The first kappa shape index (κ1) is 19.8. The Morgan fingerprint density at radius 3 is 2.46 bits per heavy atom. The van der Waals surface area contributed by atoms with E-state index in [9.17, 15) is 13.2 Å². The molecule has 0 aliphatic heterocycles. The fourth-order valence-corrected chi connectivity index (χ4v) is 3.95. The summed E-state index contributed by atoms with van der Waals surface area (Å²) < 4.78 is 32.7. The Hall–Kier alpha value is -2.51. The van der Waals surface area contributed by atoms with Crippen molar-refractivity contribution in [1.82, 2.24) is 0 Å².